The van der Waals surface area contributed by atoms with Gasteiger partial charge in [-0.2, -0.15) is 0 Å². The van der Waals surface area contributed by atoms with Gasteiger partial charge in [-0.15, -0.1) is 0 Å². The van der Waals surface area contributed by atoms with Crippen LogP contribution < -0.4 is 0 Å². The van der Waals surface area contributed by atoms with Gasteiger partial charge < -0.3 is 14.8 Å². The van der Waals surface area contributed by atoms with Gasteiger partial charge in [-0.25, -0.2) is 13.2 Å². The number of nitrogens with zero attached hydrogens (tertiary/aromatic N) is 2. The van der Waals surface area contributed by atoms with Crippen LogP contribution in [0.1, 0.15) is 24.8 Å². The summed E-state index contributed by atoms with van der Waals surface area (Å²) in [6.07, 6.45) is 1.39. The molecule has 1 saturated carbocycles. The number of carboxylic acid groups (broad SMARTS) is 1. The number of carbonyl (C=O) groups excluding carboxylic acids is 1. The molecule has 8 nitrogen and oxygen atoms in total. The van der Waals surface area contributed by atoms with Gasteiger partial charge in [0, 0.05) is 19.7 Å². The van der Waals surface area contributed by atoms with Crippen molar-refractivity contribution in [2.75, 3.05) is 20.7 Å². The first-order valence-corrected chi connectivity index (χ1v) is 9.26. The van der Waals surface area contributed by atoms with Gasteiger partial charge in [-0.3, -0.25) is 4.79 Å². The first-order valence-electron chi connectivity index (χ1n) is 7.71. The lowest BCUT2D eigenvalue weighted by molar-refractivity contribution is -0.129. The number of hydrogen-bond donors (Lipinski definition) is 1. The van der Waals surface area contributed by atoms with Crippen LogP contribution >= 0.6 is 0 Å². The number of rotatable bonds is 8. The molecule has 1 N–H and O–H groups in total. The third-order valence-corrected chi connectivity index (χ3v) is 5.96. The first-order chi connectivity index (χ1) is 11.7. The van der Waals surface area contributed by atoms with Gasteiger partial charge in [0.05, 0.1) is 16.6 Å². The molecule has 0 aliphatic heterocycles. The summed E-state index contributed by atoms with van der Waals surface area (Å²) in [4.78, 5) is 29.2. The molecule has 0 aromatic heterocycles. The molecule has 1 aromatic carbocycles. The van der Waals surface area contributed by atoms with Crippen LogP contribution in [0.4, 0.5) is 0 Å². The summed E-state index contributed by atoms with van der Waals surface area (Å²) in [6, 6.07) is 5.52. The number of hydrogen-bond acceptors (Lipinski definition) is 6. The molecule has 1 aliphatic carbocycles. The molecule has 136 valence electrons. The van der Waals surface area contributed by atoms with Crippen LogP contribution in [-0.2, 0) is 24.3 Å². The Balaban J connectivity index is 2.08. The van der Waals surface area contributed by atoms with Crippen molar-refractivity contribution in [1.29, 1.82) is 0 Å². The van der Waals surface area contributed by atoms with Crippen molar-refractivity contribution in [3.05, 3.63) is 29.8 Å². The minimum atomic E-state index is -3.33. The Morgan fingerprint density at radius 1 is 1.24 bits per heavy atom. The van der Waals surface area contributed by atoms with E-state index in [1.54, 1.807) is 14.1 Å². The molecule has 1 aliphatic rings. The van der Waals surface area contributed by atoms with Crippen molar-refractivity contribution in [1.82, 2.24) is 4.90 Å². The molecule has 0 atom stereocenters. The Bertz CT molecular complexity index is 779. The Labute approximate surface area is 146 Å². The predicted molar refractivity (Wildman–Crippen MR) is 90.1 cm³/mol. The summed E-state index contributed by atoms with van der Waals surface area (Å²) in [5.41, 5.74) is -0.131. The van der Waals surface area contributed by atoms with E-state index >= 15 is 0 Å². The number of amides is 1. The van der Waals surface area contributed by atoms with Crippen LogP contribution in [0.3, 0.4) is 0 Å². The predicted octanol–water partition coefficient (Wildman–Crippen LogP) is 0.906. The first kappa shape index (κ1) is 18.9. The number of carboxylic acids is 1. The van der Waals surface area contributed by atoms with E-state index in [4.69, 9.17) is 4.84 Å². The second-order valence-electron chi connectivity index (χ2n) is 5.89. The van der Waals surface area contributed by atoms with Gasteiger partial charge in [0.15, 0.2) is 15.5 Å². The zero-order chi connectivity index (χ0) is 18.6. The fraction of sp³-hybridized carbons (Fsp3) is 0.438. The lowest BCUT2D eigenvalue weighted by Crippen LogP contribution is -2.22. The maximum atomic E-state index is 12.1. The lowest BCUT2D eigenvalue weighted by Gasteiger charge is -2.09. The minimum Gasteiger partial charge on any atom is -0.476 e. The second kappa shape index (κ2) is 7.64. The van der Waals surface area contributed by atoms with Gasteiger partial charge in [0.25, 0.3) is 0 Å². The number of carbonyl (C=O) groups is 2. The average molecular weight is 368 g/mol. The topological polar surface area (TPSA) is 113 Å². The Morgan fingerprint density at radius 3 is 2.32 bits per heavy atom. The van der Waals surface area contributed by atoms with E-state index in [-0.39, 0.29) is 40.4 Å². The highest BCUT2D eigenvalue weighted by Crippen LogP contribution is 2.33. The highest BCUT2D eigenvalue weighted by molar-refractivity contribution is 7.92. The third-order valence-electron chi connectivity index (χ3n) is 3.68. The smallest absolute Gasteiger partial charge is 0.358 e. The van der Waals surface area contributed by atoms with Crippen LogP contribution in [0.5, 0.6) is 0 Å². The monoisotopic (exact) mass is 368 g/mol. The lowest BCUT2D eigenvalue weighted by atomic mass is 10.1. The van der Waals surface area contributed by atoms with Crippen LogP contribution in [0, 0.1) is 0 Å². The second-order valence-corrected chi connectivity index (χ2v) is 8.11. The maximum absolute atomic E-state index is 12.1. The zero-order valence-corrected chi connectivity index (χ0v) is 14.8. The molecular weight excluding hydrogens is 348 g/mol. The summed E-state index contributed by atoms with van der Waals surface area (Å²) in [7, 11) is -0.122. The summed E-state index contributed by atoms with van der Waals surface area (Å²) >= 11 is 0. The zero-order valence-electron chi connectivity index (χ0n) is 14.0. The molecule has 2 rings (SSSR count). The molecule has 0 radical (unpaired) electrons. The van der Waals surface area contributed by atoms with E-state index in [1.165, 1.54) is 29.2 Å². The van der Waals surface area contributed by atoms with Crippen molar-refractivity contribution < 1.29 is 28.0 Å². The standard InChI is InChI=1S/C16H20N2O6S/c1-18(2)14(19)9-10-24-17-15(16(20)21)11-3-5-12(6-4-11)25(22,23)13-7-8-13/h3-6,13H,7-10H2,1-2H3,(H,20,21)/b17-15+. The molecule has 1 fully saturated rings. The quantitative estimate of drug-likeness (QED) is 0.414. The molecule has 1 aromatic rings. The molecule has 1 amide bonds. The summed E-state index contributed by atoms with van der Waals surface area (Å²) in [5, 5.41) is 12.5. The Hall–Kier alpha value is -2.42. The molecule has 9 heteroatoms. The fourth-order valence-electron chi connectivity index (χ4n) is 2.06. The summed E-state index contributed by atoms with van der Waals surface area (Å²) < 4.78 is 24.3. The molecular formula is C16H20N2O6S. The van der Waals surface area contributed by atoms with Crippen molar-refractivity contribution in [2.24, 2.45) is 5.16 Å². The van der Waals surface area contributed by atoms with Crippen LogP contribution in [0.25, 0.3) is 0 Å². The van der Waals surface area contributed by atoms with Gasteiger partial charge >= 0.3 is 5.97 Å². The highest BCUT2D eigenvalue weighted by Gasteiger charge is 2.36. The normalized spacial score (nSPS) is 14.9. The number of oxime groups is 1. The van der Waals surface area contributed by atoms with E-state index < -0.39 is 15.8 Å². The van der Waals surface area contributed by atoms with Gasteiger partial charge in [-0.1, -0.05) is 17.3 Å². The summed E-state index contributed by atoms with van der Waals surface area (Å²) in [5.74, 6) is -1.47. The average Bonchev–Trinajstić information content (AvgIpc) is 3.39. The van der Waals surface area contributed by atoms with Gasteiger partial charge in [-0.05, 0) is 25.0 Å². The number of sulfone groups is 1. The summed E-state index contributed by atoms with van der Waals surface area (Å²) in [6.45, 7) is -0.0536. The van der Waals surface area contributed by atoms with Gasteiger partial charge in [0.2, 0.25) is 5.91 Å². The molecule has 0 spiro atoms. The fourth-order valence-corrected chi connectivity index (χ4v) is 3.71. The van der Waals surface area contributed by atoms with Crippen LogP contribution in [0.15, 0.2) is 34.3 Å². The van der Waals surface area contributed by atoms with Gasteiger partial charge in [0.1, 0.15) is 6.61 Å². The largest absolute Gasteiger partial charge is 0.476 e. The third kappa shape index (κ3) is 4.79. The molecule has 0 saturated heterocycles. The number of aliphatic carboxylic acids is 1. The Kier molecular flexibility index (Phi) is 5.78. The SMILES string of the molecule is CN(C)C(=O)CCO/N=C(/C(=O)O)c1ccc(S(=O)(=O)C2CC2)cc1. The van der Waals surface area contributed by atoms with E-state index in [9.17, 15) is 23.1 Å². The van der Waals surface area contributed by atoms with E-state index in [2.05, 4.69) is 5.16 Å². The Morgan fingerprint density at radius 2 is 1.84 bits per heavy atom. The molecule has 0 bridgehead atoms. The van der Waals surface area contributed by atoms with Crippen molar-refractivity contribution in [2.45, 2.75) is 29.4 Å². The maximum Gasteiger partial charge on any atom is 0.358 e. The highest BCUT2D eigenvalue weighted by atomic mass is 32.2. The van der Waals surface area contributed by atoms with Crippen LogP contribution in [-0.4, -0.2) is 62.0 Å². The molecule has 25 heavy (non-hydrogen) atoms. The molecule has 0 unspecified atom stereocenters. The van der Waals surface area contributed by atoms with Crippen molar-refractivity contribution >= 4 is 27.4 Å². The number of benzene rings is 1. The van der Waals surface area contributed by atoms with E-state index in [0.29, 0.717) is 12.8 Å². The van der Waals surface area contributed by atoms with Crippen molar-refractivity contribution in [3.8, 4) is 0 Å². The minimum absolute atomic E-state index is 0.0536. The molecule has 0 heterocycles. The van der Waals surface area contributed by atoms with E-state index in [0.717, 1.165) is 0 Å². The van der Waals surface area contributed by atoms with Crippen LogP contribution in [0.2, 0.25) is 0 Å². The van der Waals surface area contributed by atoms with E-state index in [1.807, 2.05) is 0 Å². The van der Waals surface area contributed by atoms with Crippen molar-refractivity contribution in [3.63, 3.8) is 0 Å².